The topological polar surface area (TPSA) is 58.4 Å². The van der Waals surface area contributed by atoms with Crippen LogP contribution in [0.25, 0.3) is 0 Å². The second-order valence-corrected chi connectivity index (χ2v) is 4.56. The van der Waals surface area contributed by atoms with Gasteiger partial charge in [0, 0.05) is 13.0 Å². The van der Waals surface area contributed by atoms with E-state index in [1.807, 2.05) is 6.07 Å². The van der Waals surface area contributed by atoms with Crippen molar-refractivity contribution >= 4 is 5.91 Å². The lowest BCUT2D eigenvalue weighted by atomic mass is 10.1. The molecule has 0 saturated carbocycles. The van der Waals surface area contributed by atoms with Gasteiger partial charge in [0.25, 0.3) is 0 Å². The van der Waals surface area contributed by atoms with Crippen LogP contribution in [0.1, 0.15) is 24.8 Å². The van der Waals surface area contributed by atoms with Crippen molar-refractivity contribution in [2.45, 2.75) is 25.7 Å². The largest absolute Gasteiger partial charge is 0.306 e. The third-order valence-electron chi connectivity index (χ3n) is 2.98. The van der Waals surface area contributed by atoms with Crippen molar-refractivity contribution in [3.63, 3.8) is 0 Å². The second-order valence-electron chi connectivity index (χ2n) is 4.56. The van der Waals surface area contributed by atoms with Crippen LogP contribution in [0.3, 0.4) is 0 Å². The van der Waals surface area contributed by atoms with Crippen molar-refractivity contribution < 1.29 is 4.79 Å². The molecule has 0 heterocycles. The summed E-state index contributed by atoms with van der Waals surface area (Å²) in [7, 11) is 2.12. The Balaban J connectivity index is 2.07. The molecule has 1 amide bonds. The van der Waals surface area contributed by atoms with Gasteiger partial charge in [0.05, 0.1) is 0 Å². The Kier molecular flexibility index (Phi) is 7.06. The number of rotatable bonds is 8. The number of hydrogen-bond donors (Lipinski definition) is 2. The van der Waals surface area contributed by atoms with Crippen molar-refractivity contribution in [1.29, 1.82) is 0 Å². The van der Waals surface area contributed by atoms with Crippen LogP contribution in [0.5, 0.6) is 0 Å². The van der Waals surface area contributed by atoms with Crippen LogP contribution in [-0.4, -0.2) is 30.9 Å². The molecule has 0 radical (unpaired) electrons. The third kappa shape index (κ3) is 6.37. The summed E-state index contributed by atoms with van der Waals surface area (Å²) in [6.07, 6.45) is 3.50. The summed E-state index contributed by atoms with van der Waals surface area (Å²) in [4.78, 5) is 13.2. The molecule has 4 nitrogen and oxygen atoms in total. The summed E-state index contributed by atoms with van der Waals surface area (Å²) >= 11 is 0. The maximum Gasteiger partial charge on any atom is 0.233 e. The maximum atomic E-state index is 10.9. The molecule has 4 heteroatoms. The van der Waals surface area contributed by atoms with Gasteiger partial charge in [-0.3, -0.25) is 10.2 Å². The summed E-state index contributed by atoms with van der Waals surface area (Å²) in [6, 6.07) is 10.5. The van der Waals surface area contributed by atoms with Gasteiger partial charge in [0.2, 0.25) is 5.91 Å². The number of unbranched alkanes of at least 4 members (excludes halogenated alkanes) is 1. The van der Waals surface area contributed by atoms with Crippen LogP contribution in [-0.2, 0) is 11.2 Å². The third-order valence-corrected chi connectivity index (χ3v) is 2.98. The fourth-order valence-electron chi connectivity index (χ4n) is 1.82. The fraction of sp³-hybridized carbons (Fsp3) is 0.500. The van der Waals surface area contributed by atoms with Crippen LogP contribution in [0.2, 0.25) is 0 Å². The minimum absolute atomic E-state index is 0.0815. The first-order chi connectivity index (χ1) is 8.72. The normalized spacial score (nSPS) is 10.6. The number of benzene rings is 1. The van der Waals surface area contributed by atoms with Crippen molar-refractivity contribution in [3.8, 4) is 0 Å². The zero-order valence-corrected chi connectivity index (χ0v) is 11.1. The molecule has 0 fully saturated rings. The smallest absolute Gasteiger partial charge is 0.233 e. The maximum absolute atomic E-state index is 10.9. The Morgan fingerprint density at radius 3 is 2.61 bits per heavy atom. The molecule has 0 atom stereocenters. The lowest BCUT2D eigenvalue weighted by molar-refractivity contribution is -0.121. The van der Waals surface area contributed by atoms with Crippen molar-refractivity contribution in [2.24, 2.45) is 5.84 Å². The number of nitrogens with zero attached hydrogens (tertiary/aromatic N) is 1. The molecule has 0 aromatic heterocycles. The van der Waals surface area contributed by atoms with Crippen molar-refractivity contribution in [3.05, 3.63) is 35.9 Å². The first-order valence-corrected chi connectivity index (χ1v) is 6.44. The number of amides is 1. The van der Waals surface area contributed by atoms with Gasteiger partial charge in [-0.1, -0.05) is 30.3 Å². The lowest BCUT2D eigenvalue weighted by Gasteiger charge is -2.16. The first-order valence-electron chi connectivity index (χ1n) is 6.44. The number of nitrogens with two attached hydrogens (primary N) is 1. The molecule has 18 heavy (non-hydrogen) atoms. The van der Waals surface area contributed by atoms with Crippen LogP contribution < -0.4 is 11.3 Å². The molecule has 100 valence electrons. The summed E-state index contributed by atoms with van der Waals surface area (Å²) in [5.41, 5.74) is 3.51. The van der Waals surface area contributed by atoms with E-state index in [-0.39, 0.29) is 5.91 Å². The van der Waals surface area contributed by atoms with Gasteiger partial charge in [-0.15, -0.1) is 0 Å². The molecule has 0 unspecified atom stereocenters. The zero-order valence-electron chi connectivity index (χ0n) is 11.1. The second kappa shape index (κ2) is 8.66. The van der Waals surface area contributed by atoms with Gasteiger partial charge in [0.1, 0.15) is 0 Å². The van der Waals surface area contributed by atoms with Crippen LogP contribution in [0.15, 0.2) is 30.3 Å². The Hall–Kier alpha value is -1.39. The quantitative estimate of drug-likeness (QED) is 0.316. The molecule has 0 saturated heterocycles. The van der Waals surface area contributed by atoms with E-state index < -0.39 is 0 Å². The minimum Gasteiger partial charge on any atom is -0.306 e. The summed E-state index contributed by atoms with van der Waals surface area (Å²) < 4.78 is 0. The van der Waals surface area contributed by atoms with E-state index in [4.69, 9.17) is 5.84 Å². The van der Waals surface area contributed by atoms with E-state index in [1.165, 1.54) is 5.56 Å². The molecule has 3 N–H and O–H groups in total. The lowest BCUT2D eigenvalue weighted by Crippen LogP contribution is -2.30. The number of carbonyl (C=O) groups is 1. The Morgan fingerprint density at radius 2 is 1.94 bits per heavy atom. The Labute approximate surface area is 109 Å². The predicted molar refractivity (Wildman–Crippen MR) is 73.8 cm³/mol. The fourth-order valence-corrected chi connectivity index (χ4v) is 1.82. The van der Waals surface area contributed by atoms with Gasteiger partial charge in [-0.2, -0.15) is 0 Å². The summed E-state index contributed by atoms with van der Waals surface area (Å²) in [5.74, 6) is 4.93. The molecule has 0 aliphatic heterocycles. The standard InChI is InChI=1S/C14H23N3O/c1-17(11-6-5-9-14(18)16-15)12-10-13-7-3-2-4-8-13/h2-4,7-8H,5-6,9-12,15H2,1H3,(H,16,18). The number of likely N-dealkylation sites (N-methyl/N-ethyl adjacent to an activating group) is 1. The van der Waals surface area contributed by atoms with E-state index in [9.17, 15) is 4.79 Å². The van der Waals surface area contributed by atoms with E-state index >= 15 is 0 Å². The van der Waals surface area contributed by atoms with Gasteiger partial charge >= 0.3 is 0 Å². The molecule has 1 aromatic carbocycles. The average molecular weight is 249 g/mol. The highest BCUT2D eigenvalue weighted by Crippen LogP contribution is 2.02. The van der Waals surface area contributed by atoms with Crippen LogP contribution in [0, 0.1) is 0 Å². The number of hydrazine groups is 1. The monoisotopic (exact) mass is 249 g/mol. The highest BCUT2D eigenvalue weighted by Gasteiger charge is 2.01. The Morgan fingerprint density at radius 1 is 1.22 bits per heavy atom. The molecule has 1 rings (SSSR count). The average Bonchev–Trinajstić information content (AvgIpc) is 2.42. The zero-order chi connectivity index (χ0) is 13.2. The highest BCUT2D eigenvalue weighted by molar-refractivity contribution is 5.75. The number of nitrogens with one attached hydrogen (secondary N) is 1. The van der Waals surface area contributed by atoms with E-state index in [2.05, 4.69) is 41.6 Å². The van der Waals surface area contributed by atoms with Gasteiger partial charge < -0.3 is 4.90 Å². The molecular weight excluding hydrogens is 226 g/mol. The number of carbonyl (C=O) groups excluding carboxylic acids is 1. The molecule has 0 aliphatic rings. The molecule has 0 bridgehead atoms. The molecular formula is C14H23N3O. The highest BCUT2D eigenvalue weighted by atomic mass is 16.2. The van der Waals surface area contributed by atoms with Crippen LogP contribution in [0.4, 0.5) is 0 Å². The van der Waals surface area contributed by atoms with E-state index in [1.54, 1.807) is 0 Å². The van der Waals surface area contributed by atoms with Crippen molar-refractivity contribution in [1.82, 2.24) is 10.3 Å². The summed E-state index contributed by atoms with van der Waals surface area (Å²) in [6.45, 7) is 2.07. The van der Waals surface area contributed by atoms with Crippen LogP contribution >= 0.6 is 0 Å². The molecule has 0 aliphatic carbocycles. The first kappa shape index (κ1) is 14.7. The predicted octanol–water partition coefficient (Wildman–Crippen LogP) is 1.32. The van der Waals surface area contributed by atoms with Crippen molar-refractivity contribution in [2.75, 3.05) is 20.1 Å². The molecule has 1 aromatic rings. The van der Waals surface area contributed by atoms with E-state index in [0.29, 0.717) is 6.42 Å². The van der Waals surface area contributed by atoms with E-state index in [0.717, 1.165) is 32.4 Å². The summed E-state index contributed by atoms with van der Waals surface area (Å²) in [5, 5.41) is 0. The number of hydrogen-bond acceptors (Lipinski definition) is 3. The van der Waals surface area contributed by atoms with Gasteiger partial charge in [-0.25, -0.2) is 5.84 Å². The van der Waals surface area contributed by atoms with Gasteiger partial charge in [0.15, 0.2) is 0 Å². The Bertz CT molecular complexity index is 340. The molecule has 0 spiro atoms. The van der Waals surface area contributed by atoms with Gasteiger partial charge in [-0.05, 0) is 38.4 Å². The SMILES string of the molecule is CN(CCCCC(=O)NN)CCc1ccccc1. The minimum atomic E-state index is -0.0815.